The molecule has 1 heterocycles. The Hall–Kier alpha value is -2.09. The van der Waals surface area contributed by atoms with Crippen LogP contribution in [-0.2, 0) is 14.8 Å². The molecule has 0 saturated carbocycles. The molecule has 1 fully saturated rings. The molecule has 0 unspecified atom stereocenters. The summed E-state index contributed by atoms with van der Waals surface area (Å²) in [5.41, 5.74) is 1.81. The first kappa shape index (κ1) is 20.6. The first-order valence-electron chi connectivity index (χ1n) is 9.02. The maximum Gasteiger partial charge on any atom is 0.243 e. The van der Waals surface area contributed by atoms with Gasteiger partial charge in [-0.05, 0) is 50.1 Å². The molecule has 0 aliphatic carbocycles. The van der Waals surface area contributed by atoms with Crippen molar-refractivity contribution < 1.29 is 17.9 Å². The van der Waals surface area contributed by atoms with E-state index >= 15 is 0 Å². The van der Waals surface area contributed by atoms with E-state index in [0.29, 0.717) is 30.8 Å². The van der Waals surface area contributed by atoms with Crippen molar-refractivity contribution >= 4 is 33.2 Å². The van der Waals surface area contributed by atoms with Crippen molar-refractivity contribution in [3.63, 3.8) is 0 Å². The molecule has 28 heavy (non-hydrogen) atoms. The standard InChI is InChI=1S/C20H23ClN2O4S/c1-14-5-7-16(8-6-14)22-20(24)15-4-3-11-23(13-15)28(25,26)17-9-10-19(27-2)18(21)12-17/h5-10,12,15H,3-4,11,13H2,1-2H3,(H,22,24)/t15-/m0/s1. The molecule has 1 saturated heterocycles. The van der Waals surface area contributed by atoms with Crippen molar-refractivity contribution in [2.75, 3.05) is 25.5 Å². The van der Waals surface area contributed by atoms with E-state index in [1.165, 1.54) is 29.6 Å². The number of methoxy groups -OCH3 is 1. The monoisotopic (exact) mass is 422 g/mol. The number of sulfonamides is 1. The van der Waals surface area contributed by atoms with Crippen LogP contribution in [0.4, 0.5) is 5.69 Å². The predicted molar refractivity (Wildman–Crippen MR) is 109 cm³/mol. The topological polar surface area (TPSA) is 75.7 Å². The third kappa shape index (κ3) is 4.48. The van der Waals surface area contributed by atoms with Gasteiger partial charge in [0.2, 0.25) is 15.9 Å². The van der Waals surface area contributed by atoms with Gasteiger partial charge in [0, 0.05) is 18.8 Å². The third-order valence-corrected chi connectivity index (χ3v) is 6.99. The van der Waals surface area contributed by atoms with Crippen LogP contribution in [-0.4, -0.2) is 38.8 Å². The second kappa shape index (κ2) is 8.51. The van der Waals surface area contributed by atoms with Crippen LogP contribution in [0.25, 0.3) is 0 Å². The molecule has 1 aliphatic heterocycles. The molecule has 8 heteroatoms. The largest absolute Gasteiger partial charge is 0.495 e. The SMILES string of the molecule is COc1ccc(S(=O)(=O)N2CCC[C@H](C(=O)Nc3ccc(C)cc3)C2)cc1Cl. The van der Waals surface area contributed by atoms with Gasteiger partial charge in [-0.25, -0.2) is 8.42 Å². The smallest absolute Gasteiger partial charge is 0.243 e. The summed E-state index contributed by atoms with van der Waals surface area (Å²) in [6.45, 7) is 2.49. The van der Waals surface area contributed by atoms with Crippen molar-refractivity contribution in [2.24, 2.45) is 5.92 Å². The number of amides is 1. The highest BCUT2D eigenvalue weighted by molar-refractivity contribution is 7.89. The zero-order valence-electron chi connectivity index (χ0n) is 15.8. The van der Waals surface area contributed by atoms with Crippen molar-refractivity contribution in [3.8, 4) is 5.75 Å². The van der Waals surface area contributed by atoms with E-state index in [4.69, 9.17) is 16.3 Å². The molecule has 6 nitrogen and oxygen atoms in total. The lowest BCUT2D eigenvalue weighted by Gasteiger charge is -2.31. The number of rotatable bonds is 5. The number of nitrogens with one attached hydrogen (secondary N) is 1. The van der Waals surface area contributed by atoms with Gasteiger partial charge in [-0.1, -0.05) is 29.3 Å². The summed E-state index contributed by atoms with van der Waals surface area (Å²) in [5.74, 6) is -0.162. The number of anilines is 1. The quantitative estimate of drug-likeness (QED) is 0.797. The molecule has 0 bridgehead atoms. The van der Waals surface area contributed by atoms with Crippen molar-refractivity contribution in [1.82, 2.24) is 4.31 Å². The Morgan fingerprint density at radius 2 is 1.93 bits per heavy atom. The molecule has 3 rings (SSSR count). The normalized spacial score (nSPS) is 17.9. The number of carbonyl (C=O) groups excluding carboxylic acids is 1. The fourth-order valence-corrected chi connectivity index (χ4v) is 5.09. The Morgan fingerprint density at radius 1 is 1.21 bits per heavy atom. The van der Waals surface area contributed by atoms with Gasteiger partial charge in [-0.15, -0.1) is 0 Å². The van der Waals surface area contributed by atoms with Crippen LogP contribution < -0.4 is 10.1 Å². The molecule has 0 spiro atoms. The van der Waals surface area contributed by atoms with Crippen molar-refractivity contribution in [3.05, 3.63) is 53.1 Å². The highest BCUT2D eigenvalue weighted by atomic mass is 35.5. The van der Waals surface area contributed by atoms with Crippen LogP contribution in [0.2, 0.25) is 5.02 Å². The van der Waals surface area contributed by atoms with Crippen LogP contribution in [0.3, 0.4) is 0 Å². The minimum absolute atomic E-state index is 0.0953. The Kier molecular flexibility index (Phi) is 6.27. The number of benzene rings is 2. The molecular weight excluding hydrogens is 400 g/mol. The first-order valence-corrected chi connectivity index (χ1v) is 10.8. The van der Waals surface area contributed by atoms with Crippen LogP contribution in [0.1, 0.15) is 18.4 Å². The predicted octanol–water partition coefficient (Wildman–Crippen LogP) is 3.70. The molecule has 0 radical (unpaired) electrons. The van der Waals surface area contributed by atoms with Gasteiger partial charge >= 0.3 is 0 Å². The van der Waals surface area contributed by atoms with E-state index in [1.807, 2.05) is 31.2 Å². The summed E-state index contributed by atoms with van der Waals surface area (Å²) in [4.78, 5) is 12.7. The second-order valence-electron chi connectivity index (χ2n) is 6.85. The van der Waals surface area contributed by atoms with Crippen LogP contribution in [0.5, 0.6) is 5.75 Å². The average Bonchev–Trinajstić information content (AvgIpc) is 2.69. The second-order valence-corrected chi connectivity index (χ2v) is 9.20. The minimum atomic E-state index is -3.74. The summed E-state index contributed by atoms with van der Waals surface area (Å²) < 4.78 is 32.4. The lowest BCUT2D eigenvalue weighted by Crippen LogP contribution is -2.43. The maximum absolute atomic E-state index is 13.0. The van der Waals surface area contributed by atoms with Crippen LogP contribution >= 0.6 is 11.6 Å². The Labute approximate surface area is 170 Å². The summed E-state index contributed by atoms with van der Waals surface area (Å²) in [6.07, 6.45) is 1.27. The highest BCUT2D eigenvalue weighted by Crippen LogP contribution is 2.30. The molecule has 150 valence electrons. The van der Waals surface area contributed by atoms with Gasteiger partial charge in [-0.2, -0.15) is 4.31 Å². The summed E-state index contributed by atoms with van der Waals surface area (Å²) >= 11 is 6.08. The minimum Gasteiger partial charge on any atom is -0.495 e. The first-order chi connectivity index (χ1) is 13.3. The molecule has 1 atom stereocenters. The molecular formula is C20H23ClN2O4S. The highest BCUT2D eigenvalue weighted by Gasteiger charge is 2.33. The van der Waals surface area contributed by atoms with Crippen molar-refractivity contribution in [2.45, 2.75) is 24.7 Å². The Balaban J connectivity index is 1.73. The van der Waals surface area contributed by atoms with Crippen LogP contribution in [0.15, 0.2) is 47.4 Å². The average molecular weight is 423 g/mol. The number of ether oxygens (including phenoxy) is 1. The Morgan fingerprint density at radius 3 is 2.57 bits per heavy atom. The van der Waals surface area contributed by atoms with Gasteiger partial charge in [-0.3, -0.25) is 4.79 Å². The maximum atomic E-state index is 13.0. The van der Waals surface area contributed by atoms with Gasteiger partial charge < -0.3 is 10.1 Å². The van der Waals surface area contributed by atoms with Gasteiger partial charge in [0.15, 0.2) is 0 Å². The molecule has 1 aliphatic rings. The summed E-state index contributed by atoms with van der Waals surface area (Å²) in [7, 11) is -2.27. The summed E-state index contributed by atoms with van der Waals surface area (Å²) in [5, 5.41) is 3.11. The molecule has 2 aromatic carbocycles. The fraction of sp³-hybridized carbons (Fsp3) is 0.350. The lowest BCUT2D eigenvalue weighted by molar-refractivity contribution is -0.120. The number of piperidine rings is 1. The van der Waals surface area contributed by atoms with Crippen molar-refractivity contribution in [1.29, 1.82) is 0 Å². The zero-order chi connectivity index (χ0) is 20.3. The number of hydrogen-bond donors (Lipinski definition) is 1. The van der Waals surface area contributed by atoms with E-state index in [1.54, 1.807) is 0 Å². The van der Waals surface area contributed by atoms with Gasteiger partial charge in [0.25, 0.3) is 0 Å². The van der Waals surface area contributed by atoms with E-state index in [9.17, 15) is 13.2 Å². The zero-order valence-corrected chi connectivity index (χ0v) is 17.4. The molecule has 1 amide bonds. The van der Waals surface area contributed by atoms with E-state index in [-0.39, 0.29) is 22.4 Å². The number of halogens is 1. The lowest BCUT2D eigenvalue weighted by atomic mass is 9.98. The molecule has 0 aromatic heterocycles. The molecule has 1 N–H and O–H groups in total. The van der Waals surface area contributed by atoms with Gasteiger partial charge in [0.05, 0.1) is 22.9 Å². The number of carbonyl (C=O) groups is 1. The van der Waals surface area contributed by atoms with Gasteiger partial charge in [0.1, 0.15) is 5.75 Å². The Bertz CT molecular complexity index is 961. The third-order valence-electron chi connectivity index (χ3n) is 4.84. The van der Waals surface area contributed by atoms with E-state index in [2.05, 4.69) is 5.32 Å². The fourth-order valence-electron chi connectivity index (χ4n) is 3.21. The summed E-state index contributed by atoms with van der Waals surface area (Å²) in [6, 6.07) is 11.9. The number of nitrogens with zero attached hydrogens (tertiary/aromatic N) is 1. The number of aryl methyl sites for hydroxylation is 1. The van der Waals surface area contributed by atoms with Crippen LogP contribution in [0, 0.1) is 12.8 Å². The van der Waals surface area contributed by atoms with E-state index < -0.39 is 15.9 Å². The number of hydrogen-bond acceptors (Lipinski definition) is 4. The van der Waals surface area contributed by atoms with E-state index in [0.717, 1.165) is 5.56 Å². The molecule has 2 aromatic rings.